The fourth-order valence-electron chi connectivity index (χ4n) is 4.50. The maximum absolute atomic E-state index is 10.4. The number of aromatic nitrogens is 4. The highest BCUT2D eigenvalue weighted by molar-refractivity contribution is 6.10. The number of hydrogen-bond donors (Lipinski definition) is 1. The molecule has 0 unspecified atom stereocenters. The topological polar surface area (TPSA) is 73.1 Å². The molecule has 2 heterocycles. The Morgan fingerprint density at radius 2 is 1.39 bits per heavy atom. The lowest BCUT2D eigenvalue weighted by Crippen LogP contribution is -2.10. The van der Waals surface area contributed by atoms with E-state index >= 15 is 0 Å². The van der Waals surface area contributed by atoms with Gasteiger partial charge in [-0.15, -0.1) is 0 Å². The van der Waals surface area contributed by atoms with Gasteiger partial charge in [0.1, 0.15) is 5.75 Å². The van der Waals surface area contributed by atoms with Crippen LogP contribution >= 0.6 is 0 Å². The molecular weight excluding hydrogens is 448 g/mol. The highest BCUT2D eigenvalue weighted by Gasteiger charge is 2.17. The number of fused-ring (bicyclic) bond motifs is 3. The summed E-state index contributed by atoms with van der Waals surface area (Å²) >= 11 is 0. The third-order valence-electron chi connectivity index (χ3n) is 6.05. The quantitative estimate of drug-likeness (QED) is 0.299. The molecule has 1 N–H and O–H groups in total. The summed E-state index contributed by atoms with van der Waals surface area (Å²) in [7, 11) is 0. The first-order chi connectivity index (χ1) is 17.6. The van der Waals surface area contributed by atoms with Gasteiger partial charge in [0, 0.05) is 22.0 Å². The van der Waals surface area contributed by atoms with E-state index in [4.69, 9.17) is 9.72 Å². The normalized spacial score (nSPS) is 11.4. The SMILES string of the molecule is CC(C)Oc1nc(-c2ccc3c(c2)c2ccccc2n3-c2ccccc2)nc(-c2ccccc2O)n1. The van der Waals surface area contributed by atoms with E-state index in [2.05, 4.69) is 63.1 Å². The maximum atomic E-state index is 10.4. The van der Waals surface area contributed by atoms with Crippen molar-refractivity contribution in [3.05, 3.63) is 97.1 Å². The summed E-state index contributed by atoms with van der Waals surface area (Å²) < 4.78 is 8.12. The van der Waals surface area contributed by atoms with Crippen molar-refractivity contribution >= 4 is 21.8 Å². The molecule has 4 aromatic carbocycles. The number of aromatic hydroxyl groups is 1. The summed E-state index contributed by atoms with van der Waals surface area (Å²) in [5, 5.41) is 12.7. The summed E-state index contributed by atoms with van der Waals surface area (Å²) in [5.74, 6) is 0.949. The number of para-hydroxylation sites is 3. The average Bonchev–Trinajstić information content (AvgIpc) is 3.22. The van der Waals surface area contributed by atoms with Gasteiger partial charge in [-0.3, -0.25) is 0 Å². The van der Waals surface area contributed by atoms with E-state index in [0.717, 1.165) is 33.1 Å². The van der Waals surface area contributed by atoms with Crippen LogP contribution in [-0.4, -0.2) is 30.7 Å². The fourth-order valence-corrected chi connectivity index (χ4v) is 4.50. The Balaban J connectivity index is 1.57. The second kappa shape index (κ2) is 8.82. The predicted molar refractivity (Wildman–Crippen MR) is 142 cm³/mol. The molecule has 36 heavy (non-hydrogen) atoms. The van der Waals surface area contributed by atoms with Gasteiger partial charge in [0.25, 0.3) is 0 Å². The number of ether oxygens (including phenoxy) is 1. The minimum atomic E-state index is -0.108. The van der Waals surface area contributed by atoms with Crippen molar-refractivity contribution in [2.24, 2.45) is 0 Å². The van der Waals surface area contributed by atoms with Crippen molar-refractivity contribution in [2.45, 2.75) is 20.0 Å². The Labute approximate surface area is 208 Å². The van der Waals surface area contributed by atoms with Crippen molar-refractivity contribution in [1.29, 1.82) is 0 Å². The van der Waals surface area contributed by atoms with Crippen LogP contribution < -0.4 is 4.74 Å². The molecule has 0 spiro atoms. The van der Waals surface area contributed by atoms with E-state index in [0.29, 0.717) is 17.2 Å². The van der Waals surface area contributed by atoms with E-state index in [1.165, 1.54) is 0 Å². The smallest absolute Gasteiger partial charge is 0.320 e. The molecule has 0 bridgehead atoms. The Morgan fingerprint density at radius 3 is 2.19 bits per heavy atom. The van der Waals surface area contributed by atoms with Gasteiger partial charge < -0.3 is 14.4 Å². The lowest BCUT2D eigenvalue weighted by Gasteiger charge is -2.12. The van der Waals surface area contributed by atoms with Gasteiger partial charge in [-0.2, -0.15) is 9.97 Å². The van der Waals surface area contributed by atoms with E-state index in [1.807, 2.05) is 44.2 Å². The third kappa shape index (κ3) is 3.82. The van der Waals surface area contributed by atoms with Gasteiger partial charge >= 0.3 is 6.01 Å². The molecule has 0 fully saturated rings. The van der Waals surface area contributed by atoms with E-state index in [9.17, 15) is 5.11 Å². The van der Waals surface area contributed by atoms with Crippen molar-refractivity contribution in [2.75, 3.05) is 0 Å². The highest BCUT2D eigenvalue weighted by Crippen LogP contribution is 2.35. The van der Waals surface area contributed by atoms with Crippen LogP contribution in [0.25, 0.3) is 50.3 Å². The summed E-state index contributed by atoms with van der Waals surface area (Å²) in [5.41, 5.74) is 4.69. The second-order valence-electron chi connectivity index (χ2n) is 8.87. The lowest BCUT2D eigenvalue weighted by atomic mass is 10.1. The van der Waals surface area contributed by atoms with E-state index < -0.39 is 0 Å². The van der Waals surface area contributed by atoms with Crippen LogP contribution in [0.5, 0.6) is 11.8 Å². The third-order valence-corrected chi connectivity index (χ3v) is 6.05. The minimum absolute atomic E-state index is 0.103. The van der Waals surface area contributed by atoms with Gasteiger partial charge in [-0.1, -0.05) is 48.5 Å². The highest BCUT2D eigenvalue weighted by atomic mass is 16.5. The number of rotatable bonds is 5. The van der Waals surface area contributed by atoms with Crippen molar-refractivity contribution in [3.8, 4) is 40.2 Å². The van der Waals surface area contributed by atoms with Crippen LogP contribution in [0.4, 0.5) is 0 Å². The molecule has 0 aliphatic carbocycles. The van der Waals surface area contributed by atoms with Crippen LogP contribution in [0.15, 0.2) is 97.1 Å². The monoisotopic (exact) mass is 472 g/mol. The Bertz CT molecular complexity index is 1710. The number of nitrogens with zero attached hydrogens (tertiary/aromatic N) is 4. The minimum Gasteiger partial charge on any atom is -0.507 e. The standard InChI is InChI=1S/C30H24N4O2/c1-19(2)36-30-32-28(31-29(33-30)23-13-7-9-15-27(23)35)20-16-17-26-24(18-20)22-12-6-8-14-25(22)34(26)21-10-4-3-5-11-21/h3-19,35H,1-2H3. The predicted octanol–water partition coefficient (Wildman–Crippen LogP) is 6.80. The van der Waals surface area contributed by atoms with E-state index in [1.54, 1.807) is 18.2 Å². The van der Waals surface area contributed by atoms with Crippen molar-refractivity contribution < 1.29 is 9.84 Å². The van der Waals surface area contributed by atoms with Crippen LogP contribution in [0.1, 0.15) is 13.8 Å². The summed E-state index contributed by atoms with van der Waals surface area (Å²) in [6.07, 6.45) is -0.108. The first-order valence-electron chi connectivity index (χ1n) is 11.9. The van der Waals surface area contributed by atoms with Gasteiger partial charge in [-0.25, -0.2) is 4.98 Å². The summed E-state index contributed by atoms with van der Waals surface area (Å²) in [4.78, 5) is 13.8. The molecule has 0 saturated carbocycles. The molecule has 0 aliphatic rings. The number of phenols is 1. The van der Waals surface area contributed by atoms with Gasteiger partial charge in [-0.05, 0) is 62.4 Å². The molecule has 176 valence electrons. The molecule has 6 rings (SSSR count). The first kappa shape index (κ1) is 21.8. The Hall–Kier alpha value is -4.71. The molecule has 0 aliphatic heterocycles. The zero-order valence-electron chi connectivity index (χ0n) is 20.0. The van der Waals surface area contributed by atoms with Crippen molar-refractivity contribution in [1.82, 2.24) is 19.5 Å². The fraction of sp³-hybridized carbons (Fsp3) is 0.100. The number of hydrogen-bond acceptors (Lipinski definition) is 5. The lowest BCUT2D eigenvalue weighted by molar-refractivity contribution is 0.222. The molecule has 2 aromatic heterocycles. The molecule has 6 aromatic rings. The molecule has 6 nitrogen and oxygen atoms in total. The zero-order chi connectivity index (χ0) is 24.6. The first-order valence-corrected chi connectivity index (χ1v) is 11.9. The molecule has 0 radical (unpaired) electrons. The molecule has 0 saturated heterocycles. The van der Waals surface area contributed by atoms with E-state index in [-0.39, 0.29) is 17.9 Å². The summed E-state index contributed by atoms with van der Waals surface area (Å²) in [6.45, 7) is 3.85. The molecular formula is C30H24N4O2. The van der Waals surface area contributed by atoms with Crippen LogP contribution in [0.2, 0.25) is 0 Å². The van der Waals surface area contributed by atoms with Crippen LogP contribution in [-0.2, 0) is 0 Å². The Kier molecular flexibility index (Phi) is 5.34. The maximum Gasteiger partial charge on any atom is 0.320 e. The van der Waals surface area contributed by atoms with Gasteiger partial charge in [0.05, 0.1) is 22.7 Å². The average molecular weight is 473 g/mol. The molecule has 0 amide bonds. The number of benzene rings is 4. The van der Waals surface area contributed by atoms with Crippen LogP contribution in [0, 0.1) is 0 Å². The van der Waals surface area contributed by atoms with Crippen LogP contribution in [0.3, 0.4) is 0 Å². The molecule has 0 atom stereocenters. The Morgan fingerprint density at radius 1 is 0.694 bits per heavy atom. The number of phenolic OH excluding ortho intramolecular Hbond substituents is 1. The largest absolute Gasteiger partial charge is 0.507 e. The van der Waals surface area contributed by atoms with Crippen molar-refractivity contribution in [3.63, 3.8) is 0 Å². The van der Waals surface area contributed by atoms with Gasteiger partial charge in [0.15, 0.2) is 11.6 Å². The van der Waals surface area contributed by atoms with Gasteiger partial charge in [0.2, 0.25) is 0 Å². The summed E-state index contributed by atoms with van der Waals surface area (Å²) in [6, 6.07) is 32.2. The zero-order valence-corrected chi connectivity index (χ0v) is 20.0. The molecule has 6 heteroatoms. The second-order valence-corrected chi connectivity index (χ2v) is 8.87.